The first-order valence-corrected chi connectivity index (χ1v) is 9.41. The number of nitrogens with zero attached hydrogens (tertiary/aromatic N) is 1. The number of anilines is 1. The second-order valence-corrected chi connectivity index (χ2v) is 7.25. The highest BCUT2D eigenvalue weighted by Gasteiger charge is 2.41. The van der Waals surface area contributed by atoms with Crippen molar-refractivity contribution in [2.24, 2.45) is 0 Å². The van der Waals surface area contributed by atoms with Crippen molar-refractivity contribution in [3.63, 3.8) is 0 Å². The number of ether oxygens (including phenoxy) is 1. The van der Waals surface area contributed by atoms with Crippen LogP contribution >= 0.6 is 0 Å². The molecule has 30 heavy (non-hydrogen) atoms. The SMILES string of the molecule is C[C@@H]1C(=O)Nc2ccc(C(=O)COC(=O)[C@H](C)N3C(=O)c4ccccc4C3=O)cc21. The van der Waals surface area contributed by atoms with Crippen molar-refractivity contribution in [2.45, 2.75) is 25.8 Å². The van der Waals surface area contributed by atoms with Crippen LogP contribution in [0, 0.1) is 0 Å². The molecule has 0 aromatic heterocycles. The maximum absolute atomic E-state index is 12.5. The number of rotatable bonds is 5. The van der Waals surface area contributed by atoms with Crippen molar-refractivity contribution >= 4 is 35.2 Å². The summed E-state index contributed by atoms with van der Waals surface area (Å²) >= 11 is 0. The normalized spacial score (nSPS) is 18.0. The summed E-state index contributed by atoms with van der Waals surface area (Å²) in [6, 6.07) is 9.91. The Hall–Kier alpha value is -3.81. The van der Waals surface area contributed by atoms with Gasteiger partial charge < -0.3 is 10.1 Å². The Morgan fingerprint density at radius 3 is 2.33 bits per heavy atom. The largest absolute Gasteiger partial charge is 0.456 e. The summed E-state index contributed by atoms with van der Waals surface area (Å²) in [5.74, 6) is -2.97. The van der Waals surface area contributed by atoms with E-state index < -0.39 is 36.2 Å². The molecule has 1 N–H and O–H groups in total. The zero-order valence-corrected chi connectivity index (χ0v) is 16.3. The Kier molecular flexibility index (Phi) is 4.69. The monoisotopic (exact) mass is 406 g/mol. The number of imide groups is 1. The highest BCUT2D eigenvalue weighted by Crippen LogP contribution is 2.32. The summed E-state index contributed by atoms with van der Waals surface area (Å²) in [5, 5.41) is 2.72. The number of amides is 3. The lowest BCUT2D eigenvalue weighted by Gasteiger charge is -2.20. The Balaban J connectivity index is 1.42. The number of fused-ring (bicyclic) bond motifs is 2. The van der Waals surface area contributed by atoms with E-state index in [0.717, 1.165) is 4.90 Å². The topological polar surface area (TPSA) is 110 Å². The molecule has 0 saturated heterocycles. The molecular formula is C22H18N2O6. The van der Waals surface area contributed by atoms with E-state index >= 15 is 0 Å². The van der Waals surface area contributed by atoms with Gasteiger partial charge in [-0.05, 0) is 49.7 Å². The molecule has 3 amide bonds. The van der Waals surface area contributed by atoms with Gasteiger partial charge in [0.1, 0.15) is 6.04 Å². The molecule has 2 aromatic rings. The molecule has 0 radical (unpaired) electrons. The second kappa shape index (κ2) is 7.22. The molecule has 8 nitrogen and oxygen atoms in total. The molecule has 2 aliphatic rings. The fourth-order valence-corrected chi connectivity index (χ4v) is 3.60. The predicted molar refractivity (Wildman–Crippen MR) is 105 cm³/mol. The molecule has 0 bridgehead atoms. The van der Waals surface area contributed by atoms with Crippen molar-refractivity contribution in [1.82, 2.24) is 4.90 Å². The number of hydrogen-bond donors (Lipinski definition) is 1. The van der Waals surface area contributed by atoms with E-state index in [1.165, 1.54) is 19.1 Å². The van der Waals surface area contributed by atoms with Gasteiger partial charge in [-0.2, -0.15) is 0 Å². The molecule has 2 atom stereocenters. The number of Topliss-reactive ketones (excluding diaryl/α,β-unsaturated/α-hetero) is 1. The summed E-state index contributed by atoms with van der Waals surface area (Å²) in [5.41, 5.74) is 2.12. The van der Waals surface area contributed by atoms with Crippen LogP contribution in [0.15, 0.2) is 42.5 Å². The lowest BCUT2D eigenvalue weighted by atomic mass is 9.99. The molecule has 2 heterocycles. The summed E-state index contributed by atoms with van der Waals surface area (Å²) in [4.78, 5) is 62.4. The van der Waals surface area contributed by atoms with E-state index in [0.29, 0.717) is 16.8 Å². The quantitative estimate of drug-likeness (QED) is 0.463. The van der Waals surface area contributed by atoms with E-state index in [-0.39, 0.29) is 23.0 Å². The molecule has 0 spiro atoms. The summed E-state index contributed by atoms with van der Waals surface area (Å²) < 4.78 is 5.08. The standard InChI is InChI=1S/C22H18N2O6/c1-11-16-9-13(7-8-17(16)23-19(11)26)18(25)10-30-22(29)12(2)24-20(27)14-5-3-4-6-15(14)21(24)28/h3-9,11-12H,10H2,1-2H3,(H,23,26)/t11-,12-/m0/s1. The minimum Gasteiger partial charge on any atom is -0.456 e. The van der Waals surface area contributed by atoms with Crippen LogP contribution in [0.4, 0.5) is 5.69 Å². The van der Waals surface area contributed by atoms with Crippen molar-refractivity contribution in [1.29, 1.82) is 0 Å². The molecule has 0 saturated carbocycles. The third-order valence-corrected chi connectivity index (χ3v) is 5.39. The number of nitrogens with one attached hydrogen (secondary N) is 1. The Labute approximate surface area is 171 Å². The number of carbonyl (C=O) groups excluding carboxylic acids is 5. The van der Waals surface area contributed by atoms with Gasteiger partial charge in [-0.1, -0.05) is 12.1 Å². The van der Waals surface area contributed by atoms with Gasteiger partial charge >= 0.3 is 5.97 Å². The average molecular weight is 406 g/mol. The van der Waals surface area contributed by atoms with Crippen LogP contribution in [0.1, 0.15) is 56.4 Å². The van der Waals surface area contributed by atoms with E-state index in [9.17, 15) is 24.0 Å². The Morgan fingerprint density at radius 2 is 1.70 bits per heavy atom. The molecule has 8 heteroatoms. The molecule has 0 unspecified atom stereocenters. The smallest absolute Gasteiger partial charge is 0.329 e. The number of carbonyl (C=O) groups is 5. The highest BCUT2D eigenvalue weighted by atomic mass is 16.5. The Morgan fingerprint density at radius 1 is 1.07 bits per heavy atom. The molecular weight excluding hydrogens is 388 g/mol. The van der Waals surface area contributed by atoms with E-state index in [1.54, 1.807) is 37.3 Å². The molecule has 0 aliphatic carbocycles. The van der Waals surface area contributed by atoms with Crippen LogP contribution in [0.2, 0.25) is 0 Å². The molecule has 0 fully saturated rings. The number of ketones is 1. The average Bonchev–Trinajstić information content (AvgIpc) is 3.18. The number of benzene rings is 2. The first kappa shape index (κ1) is 19.5. The highest BCUT2D eigenvalue weighted by molar-refractivity contribution is 6.22. The van der Waals surface area contributed by atoms with Crippen LogP contribution in [0.3, 0.4) is 0 Å². The minimum absolute atomic E-state index is 0.143. The van der Waals surface area contributed by atoms with E-state index in [2.05, 4.69) is 5.32 Å². The number of esters is 1. The first-order valence-electron chi connectivity index (χ1n) is 9.41. The summed E-state index contributed by atoms with van der Waals surface area (Å²) in [7, 11) is 0. The van der Waals surface area contributed by atoms with Crippen LogP contribution in [-0.4, -0.2) is 47.0 Å². The van der Waals surface area contributed by atoms with Crippen LogP contribution in [0.5, 0.6) is 0 Å². The second-order valence-electron chi connectivity index (χ2n) is 7.25. The molecule has 152 valence electrons. The van der Waals surface area contributed by atoms with Gasteiger partial charge in [-0.25, -0.2) is 4.79 Å². The van der Waals surface area contributed by atoms with Crippen molar-refractivity contribution in [3.05, 3.63) is 64.7 Å². The Bertz CT molecular complexity index is 1090. The third kappa shape index (κ3) is 3.06. The zero-order valence-electron chi connectivity index (χ0n) is 16.3. The minimum atomic E-state index is -1.17. The summed E-state index contributed by atoms with van der Waals surface area (Å²) in [6.45, 7) is 2.57. The maximum Gasteiger partial charge on any atom is 0.329 e. The fourth-order valence-electron chi connectivity index (χ4n) is 3.60. The predicted octanol–water partition coefficient (Wildman–Crippen LogP) is 2.15. The lowest BCUT2D eigenvalue weighted by Crippen LogP contribution is -2.44. The van der Waals surface area contributed by atoms with Gasteiger partial charge in [-0.3, -0.25) is 24.1 Å². The van der Waals surface area contributed by atoms with Gasteiger partial charge in [0.05, 0.1) is 17.0 Å². The van der Waals surface area contributed by atoms with Crippen LogP contribution in [-0.2, 0) is 14.3 Å². The van der Waals surface area contributed by atoms with Gasteiger partial charge in [0.25, 0.3) is 11.8 Å². The zero-order chi connectivity index (χ0) is 21.6. The van der Waals surface area contributed by atoms with Gasteiger partial charge in [0.15, 0.2) is 12.4 Å². The van der Waals surface area contributed by atoms with Gasteiger partial charge in [-0.15, -0.1) is 0 Å². The lowest BCUT2D eigenvalue weighted by molar-refractivity contribution is -0.146. The van der Waals surface area contributed by atoms with E-state index in [1.807, 2.05) is 0 Å². The van der Waals surface area contributed by atoms with Crippen LogP contribution in [0.25, 0.3) is 0 Å². The van der Waals surface area contributed by atoms with Crippen molar-refractivity contribution in [3.8, 4) is 0 Å². The van der Waals surface area contributed by atoms with Gasteiger partial charge in [0.2, 0.25) is 5.91 Å². The maximum atomic E-state index is 12.5. The fraction of sp³-hybridized carbons (Fsp3) is 0.227. The van der Waals surface area contributed by atoms with Crippen molar-refractivity contribution in [2.75, 3.05) is 11.9 Å². The van der Waals surface area contributed by atoms with Crippen molar-refractivity contribution < 1.29 is 28.7 Å². The van der Waals surface area contributed by atoms with E-state index in [4.69, 9.17) is 4.74 Å². The third-order valence-electron chi connectivity index (χ3n) is 5.39. The molecule has 4 rings (SSSR count). The van der Waals surface area contributed by atoms with Crippen LogP contribution < -0.4 is 5.32 Å². The molecule has 2 aromatic carbocycles. The molecule has 2 aliphatic heterocycles. The first-order chi connectivity index (χ1) is 14.3. The van der Waals surface area contributed by atoms with Gasteiger partial charge in [0, 0.05) is 11.3 Å². The summed E-state index contributed by atoms with van der Waals surface area (Å²) in [6.07, 6.45) is 0. The number of hydrogen-bond acceptors (Lipinski definition) is 6.